The second-order valence-electron chi connectivity index (χ2n) is 10.2. The Morgan fingerprint density at radius 1 is 0.600 bits per heavy atom. The van der Waals surface area contributed by atoms with Gasteiger partial charge in [-0.2, -0.15) is 0 Å². The number of aromatic carboxylic acids is 1. The van der Waals surface area contributed by atoms with E-state index in [1.807, 2.05) is 6.07 Å². The van der Waals surface area contributed by atoms with Gasteiger partial charge < -0.3 is 52.9 Å². The molecule has 0 saturated heterocycles. The zero-order valence-electron chi connectivity index (χ0n) is 27.9. The van der Waals surface area contributed by atoms with Crippen molar-refractivity contribution in [3.05, 3.63) is 29.3 Å². The number of aryl methyl sites for hydroxylation is 1. The Hall–Kier alpha value is -0.194. The Morgan fingerprint density at radius 3 is 1.42 bits per heavy atom. The van der Waals surface area contributed by atoms with Gasteiger partial charge in [0, 0.05) is 5.56 Å². The zero-order chi connectivity index (χ0) is 31.8. The normalized spacial score (nSPS) is 11.1. The fraction of sp³-hybridized carbons (Fsp3) is 0.788. The smallest absolute Gasteiger partial charge is 0.545 e. The van der Waals surface area contributed by atoms with Crippen LogP contribution in [-0.4, -0.2) is 117 Å². The topological polar surface area (TPSA) is 134 Å². The van der Waals surface area contributed by atoms with Gasteiger partial charge in [0.1, 0.15) is 12.4 Å². The van der Waals surface area contributed by atoms with Crippen molar-refractivity contribution in [2.75, 3.05) is 106 Å². The van der Waals surface area contributed by atoms with Crippen molar-refractivity contribution >= 4 is 5.97 Å². The molecule has 0 aliphatic heterocycles. The molecule has 0 atom stereocenters. The summed E-state index contributed by atoms with van der Waals surface area (Å²) in [5, 5.41) is 20.2. The molecule has 12 heteroatoms. The van der Waals surface area contributed by atoms with Gasteiger partial charge in [-0.15, -0.1) is 0 Å². The van der Waals surface area contributed by atoms with Gasteiger partial charge in [0.2, 0.25) is 0 Å². The quantitative estimate of drug-likeness (QED) is 0.0799. The van der Waals surface area contributed by atoms with E-state index in [0.717, 1.165) is 24.8 Å². The third-order valence-corrected chi connectivity index (χ3v) is 6.54. The number of carbonyl (C=O) groups is 1. The number of carboxylic acid groups (broad SMARTS) is 1. The van der Waals surface area contributed by atoms with Crippen LogP contribution in [0, 0.1) is 0 Å². The van der Waals surface area contributed by atoms with Crippen molar-refractivity contribution in [2.45, 2.75) is 64.7 Å². The Labute approximate surface area is 313 Å². The molecule has 0 aliphatic rings. The summed E-state index contributed by atoms with van der Waals surface area (Å²) in [6.45, 7) is 8.72. The summed E-state index contributed by atoms with van der Waals surface area (Å²) in [5.74, 6) is -0.925. The van der Waals surface area contributed by atoms with E-state index in [1.165, 1.54) is 38.5 Å². The minimum atomic E-state index is -1.23. The largest absolute Gasteiger partial charge is 1.00 e. The fourth-order valence-electron chi connectivity index (χ4n) is 4.18. The summed E-state index contributed by atoms with van der Waals surface area (Å²) in [5.41, 5.74) is 1.08. The Morgan fingerprint density at radius 2 is 1.00 bits per heavy atom. The molecule has 0 saturated carbocycles. The van der Waals surface area contributed by atoms with Gasteiger partial charge >= 0.3 is 51.4 Å². The maximum Gasteiger partial charge on any atom is 1.00 e. The first-order valence-electron chi connectivity index (χ1n) is 16.3. The Balaban J connectivity index is 0.0000194. The molecule has 1 aromatic rings. The van der Waals surface area contributed by atoms with Crippen molar-refractivity contribution in [3.63, 3.8) is 0 Å². The van der Waals surface area contributed by atoms with Gasteiger partial charge in [-0.3, -0.25) is 0 Å². The fourth-order valence-corrected chi connectivity index (χ4v) is 4.18. The van der Waals surface area contributed by atoms with Gasteiger partial charge in [-0.05, 0) is 30.5 Å². The van der Waals surface area contributed by atoms with Crippen molar-refractivity contribution in [3.8, 4) is 5.75 Å². The van der Waals surface area contributed by atoms with E-state index in [4.69, 9.17) is 43.0 Å². The number of ether oxygens (including phenoxy) is 8. The van der Waals surface area contributed by atoms with Crippen LogP contribution in [0.5, 0.6) is 5.75 Å². The molecule has 0 fully saturated rings. The molecule has 0 spiro atoms. The summed E-state index contributed by atoms with van der Waals surface area (Å²) >= 11 is 0. The van der Waals surface area contributed by atoms with Gasteiger partial charge in [-0.1, -0.05) is 57.9 Å². The first-order chi connectivity index (χ1) is 21.7. The number of unbranched alkanes of at least 4 members (excludes halogenated alkanes) is 7. The second-order valence-corrected chi connectivity index (χ2v) is 10.2. The number of carbonyl (C=O) groups excluding carboxylic acids is 1. The summed E-state index contributed by atoms with van der Waals surface area (Å²) < 4.78 is 43.3. The van der Waals surface area contributed by atoms with Crippen LogP contribution in [-0.2, 0) is 39.6 Å². The average Bonchev–Trinajstić information content (AvgIpc) is 3.03. The van der Waals surface area contributed by atoms with E-state index in [1.54, 1.807) is 12.1 Å². The number of aliphatic hydroxyl groups is 1. The third kappa shape index (κ3) is 28.5. The number of carboxylic acids is 1. The van der Waals surface area contributed by atoms with E-state index < -0.39 is 5.97 Å². The van der Waals surface area contributed by atoms with E-state index in [2.05, 4.69) is 6.92 Å². The molecule has 0 amide bonds. The number of benzene rings is 1. The van der Waals surface area contributed by atoms with Crippen molar-refractivity contribution in [1.82, 2.24) is 0 Å². The number of hydrogen-bond donors (Lipinski definition) is 1. The molecule has 11 nitrogen and oxygen atoms in total. The van der Waals surface area contributed by atoms with Crippen LogP contribution >= 0.6 is 0 Å². The number of hydrogen-bond acceptors (Lipinski definition) is 11. The van der Waals surface area contributed by atoms with Crippen LogP contribution in [0.3, 0.4) is 0 Å². The molecule has 1 rings (SSSR count). The van der Waals surface area contributed by atoms with Gasteiger partial charge in [-0.25, -0.2) is 0 Å². The molecular weight excluding hydrogens is 611 g/mol. The maximum absolute atomic E-state index is 11.6. The second kappa shape index (κ2) is 35.1. The number of rotatable bonds is 34. The first kappa shape index (κ1) is 44.8. The van der Waals surface area contributed by atoms with Crippen molar-refractivity contribution in [1.29, 1.82) is 0 Å². The van der Waals surface area contributed by atoms with Crippen LogP contribution < -0.4 is 61.2 Å². The minimum absolute atomic E-state index is 0. The Bertz CT molecular complexity index is 785. The molecule has 0 unspecified atom stereocenters. The molecule has 0 bridgehead atoms. The molecule has 0 aliphatic carbocycles. The predicted octanol–water partition coefficient (Wildman–Crippen LogP) is 0.225. The average molecular weight is 669 g/mol. The van der Waals surface area contributed by atoms with Crippen LogP contribution in [0.25, 0.3) is 0 Å². The van der Waals surface area contributed by atoms with Crippen LogP contribution in [0.2, 0.25) is 0 Å². The van der Waals surface area contributed by atoms with Crippen molar-refractivity contribution < 1.29 is 104 Å². The van der Waals surface area contributed by atoms with Crippen LogP contribution in [0.4, 0.5) is 0 Å². The SMILES string of the molecule is CCCCCCCCCCc1ccc(OCCOCCOCCOCCOCCOCCOCCOCCO)c(C(=O)[O-])c1.[K+]. The van der Waals surface area contributed by atoms with E-state index in [0.29, 0.717) is 98.2 Å². The summed E-state index contributed by atoms with van der Waals surface area (Å²) in [4.78, 5) is 11.6. The molecule has 0 aromatic heterocycles. The summed E-state index contributed by atoms with van der Waals surface area (Å²) in [7, 11) is 0. The van der Waals surface area contributed by atoms with Crippen LogP contribution in [0.1, 0.15) is 74.2 Å². The first-order valence-corrected chi connectivity index (χ1v) is 16.3. The molecule has 256 valence electrons. The Kier molecular flexibility index (Phi) is 35.0. The number of aliphatic hydroxyl groups excluding tert-OH is 1. The van der Waals surface area contributed by atoms with Gasteiger partial charge in [0.25, 0.3) is 0 Å². The zero-order valence-corrected chi connectivity index (χ0v) is 31.1. The predicted molar refractivity (Wildman–Crippen MR) is 165 cm³/mol. The van der Waals surface area contributed by atoms with Crippen LogP contribution in [0.15, 0.2) is 18.2 Å². The monoisotopic (exact) mass is 668 g/mol. The maximum atomic E-state index is 11.6. The minimum Gasteiger partial charge on any atom is -0.545 e. The molecule has 1 N–H and O–H groups in total. The standard InChI is InChI=1S/C33H58O11.K/c1-2-3-4-5-6-7-8-9-10-30-11-12-32(31(29-30)33(35)36)44-28-27-43-26-25-42-24-23-41-22-21-40-20-19-39-18-17-38-16-15-37-14-13-34;/h11-12,29,34H,2-10,13-28H2,1H3,(H,35,36);/q;+1/p-1. The molecule has 0 radical (unpaired) electrons. The molecule has 1 aromatic carbocycles. The van der Waals surface area contributed by atoms with E-state index >= 15 is 0 Å². The molecular formula is C33H57KO11. The van der Waals surface area contributed by atoms with Gasteiger partial charge in [0.05, 0.1) is 105 Å². The molecule has 45 heavy (non-hydrogen) atoms. The third-order valence-electron chi connectivity index (χ3n) is 6.54. The summed E-state index contributed by atoms with van der Waals surface area (Å²) in [6, 6.07) is 5.31. The summed E-state index contributed by atoms with van der Waals surface area (Å²) in [6.07, 6.45) is 10.8. The van der Waals surface area contributed by atoms with Crippen molar-refractivity contribution in [2.24, 2.45) is 0 Å². The van der Waals surface area contributed by atoms with E-state index in [9.17, 15) is 9.90 Å². The molecule has 0 heterocycles. The van der Waals surface area contributed by atoms with Gasteiger partial charge in [0.15, 0.2) is 0 Å². The van der Waals surface area contributed by atoms with E-state index in [-0.39, 0.29) is 70.2 Å².